The second-order valence-electron chi connectivity index (χ2n) is 3.27. The predicted molar refractivity (Wildman–Crippen MR) is 41.0 cm³/mol. The van der Waals surface area contributed by atoms with Crippen LogP contribution in [-0.4, -0.2) is 60.9 Å². The minimum atomic E-state index is 0.0794. The lowest BCUT2D eigenvalue weighted by Gasteiger charge is -2.23. The Morgan fingerprint density at radius 1 is 1.73 bits per heavy atom. The zero-order valence-corrected chi connectivity index (χ0v) is 7.08. The van der Waals surface area contributed by atoms with Gasteiger partial charge in [0.2, 0.25) is 0 Å². The Bertz CT molecular complexity index is 168. The van der Waals surface area contributed by atoms with Crippen LogP contribution in [0.15, 0.2) is 0 Å². The molecule has 1 N–H and O–H groups in total. The molecule has 1 aliphatic rings. The van der Waals surface area contributed by atoms with Crippen molar-refractivity contribution in [3.8, 4) is 0 Å². The fraction of sp³-hybridized carbons (Fsp3) is 0.857. The van der Waals surface area contributed by atoms with E-state index in [-0.39, 0.29) is 12.6 Å². The van der Waals surface area contributed by atoms with Crippen molar-refractivity contribution in [1.29, 1.82) is 0 Å². The van der Waals surface area contributed by atoms with Gasteiger partial charge in [0.05, 0.1) is 20.2 Å². The molecule has 1 atom stereocenters. The maximum Gasteiger partial charge on any atom is 0.419 e. The van der Waals surface area contributed by atoms with E-state index >= 15 is 0 Å². The van der Waals surface area contributed by atoms with Gasteiger partial charge in [-0.25, -0.2) is 9.28 Å². The summed E-state index contributed by atoms with van der Waals surface area (Å²) >= 11 is 0. The first-order valence-corrected chi connectivity index (χ1v) is 3.81. The van der Waals surface area contributed by atoms with Crippen LogP contribution in [0.4, 0.5) is 4.79 Å². The number of nitrogens with zero attached hydrogens (tertiary/aromatic N) is 2. The third kappa shape index (κ3) is 1.36. The average Bonchev–Trinajstić information content (AvgIpc) is 2.19. The summed E-state index contributed by atoms with van der Waals surface area (Å²) in [6.07, 6.45) is 0. The number of likely N-dealkylation sites (N-methyl/N-ethyl adjacent to an activating group) is 2. The molecule has 0 spiro atoms. The quantitative estimate of drug-likeness (QED) is 0.551. The van der Waals surface area contributed by atoms with Gasteiger partial charge in [0, 0.05) is 7.05 Å². The van der Waals surface area contributed by atoms with Crippen LogP contribution in [0.2, 0.25) is 0 Å². The van der Waals surface area contributed by atoms with Crippen molar-refractivity contribution in [1.82, 2.24) is 4.90 Å². The van der Waals surface area contributed by atoms with Crippen molar-refractivity contribution >= 4 is 6.03 Å². The Kier molecular flexibility index (Phi) is 2.15. The molecular formula is C7H15N2O2+. The van der Waals surface area contributed by atoms with Crippen molar-refractivity contribution < 1.29 is 14.4 Å². The first-order chi connectivity index (χ1) is 5.10. The van der Waals surface area contributed by atoms with E-state index in [2.05, 4.69) is 0 Å². The van der Waals surface area contributed by atoms with Gasteiger partial charge in [0.1, 0.15) is 13.1 Å². The highest BCUT2D eigenvalue weighted by Crippen LogP contribution is 2.13. The molecule has 1 heterocycles. The highest BCUT2D eigenvalue weighted by molar-refractivity contribution is 5.68. The predicted octanol–water partition coefficient (Wildman–Crippen LogP) is -0.509. The fourth-order valence-corrected chi connectivity index (χ4v) is 1.40. The van der Waals surface area contributed by atoms with Crippen molar-refractivity contribution in [2.45, 2.75) is 0 Å². The minimum Gasteiger partial charge on any atom is -0.390 e. The molecular weight excluding hydrogens is 144 g/mol. The molecule has 0 bridgehead atoms. The summed E-state index contributed by atoms with van der Waals surface area (Å²) in [5.41, 5.74) is 0. The Morgan fingerprint density at radius 2 is 2.36 bits per heavy atom. The van der Waals surface area contributed by atoms with E-state index in [9.17, 15) is 4.79 Å². The van der Waals surface area contributed by atoms with E-state index < -0.39 is 0 Å². The topological polar surface area (TPSA) is 40.5 Å². The molecule has 1 unspecified atom stereocenters. The molecule has 0 aromatic carbocycles. The zero-order chi connectivity index (χ0) is 8.48. The Hall–Kier alpha value is -0.610. The number of carbonyl (C=O) groups excluding carboxylic acids is 1. The number of aliphatic hydroxyl groups excluding tert-OH is 1. The molecule has 0 saturated carbocycles. The number of hydrogen-bond donors (Lipinski definition) is 1. The van der Waals surface area contributed by atoms with Gasteiger partial charge in [-0.15, -0.1) is 0 Å². The normalized spacial score (nSPS) is 31.5. The largest absolute Gasteiger partial charge is 0.419 e. The van der Waals surface area contributed by atoms with Crippen LogP contribution >= 0.6 is 0 Å². The van der Waals surface area contributed by atoms with E-state index in [0.717, 1.165) is 13.1 Å². The van der Waals surface area contributed by atoms with Crippen molar-refractivity contribution in [2.75, 3.05) is 40.3 Å². The van der Waals surface area contributed by atoms with Gasteiger partial charge in [-0.3, -0.25) is 4.90 Å². The molecule has 0 aliphatic carbocycles. The standard InChI is InChI=1S/C7H15N2O2/c1-8-3-4-9(2,5-6-10)7(8)11/h10H,3-6H2,1-2H3/q+1. The van der Waals surface area contributed by atoms with Gasteiger partial charge in [0.15, 0.2) is 0 Å². The number of quaternary nitrogens is 1. The molecule has 0 aromatic heterocycles. The first kappa shape index (κ1) is 8.49. The highest BCUT2D eigenvalue weighted by Gasteiger charge is 2.40. The maximum atomic E-state index is 11.4. The van der Waals surface area contributed by atoms with Crippen LogP contribution in [0, 0.1) is 0 Å². The molecule has 4 heteroatoms. The summed E-state index contributed by atoms with van der Waals surface area (Å²) in [4.78, 5) is 13.1. The van der Waals surface area contributed by atoms with Crippen molar-refractivity contribution in [3.05, 3.63) is 0 Å². The highest BCUT2D eigenvalue weighted by atomic mass is 16.3. The molecule has 64 valence electrons. The number of carbonyl (C=O) groups is 1. The summed E-state index contributed by atoms with van der Waals surface area (Å²) in [6, 6.07) is 0.110. The summed E-state index contributed by atoms with van der Waals surface area (Å²) in [5, 5.41) is 8.71. The van der Waals surface area contributed by atoms with E-state index in [0.29, 0.717) is 11.0 Å². The molecule has 1 saturated heterocycles. The van der Waals surface area contributed by atoms with Gasteiger partial charge in [-0.2, -0.15) is 0 Å². The Labute approximate surface area is 66.6 Å². The molecule has 1 rings (SSSR count). The summed E-state index contributed by atoms with van der Waals surface area (Å²) in [5.74, 6) is 0. The van der Waals surface area contributed by atoms with Crippen LogP contribution < -0.4 is 0 Å². The molecule has 11 heavy (non-hydrogen) atoms. The van der Waals surface area contributed by atoms with Crippen molar-refractivity contribution in [3.63, 3.8) is 0 Å². The lowest BCUT2D eigenvalue weighted by atomic mass is 10.4. The van der Waals surface area contributed by atoms with Crippen molar-refractivity contribution in [2.24, 2.45) is 0 Å². The number of urea groups is 1. The van der Waals surface area contributed by atoms with Crippen LogP contribution in [0.25, 0.3) is 0 Å². The van der Waals surface area contributed by atoms with E-state index in [1.807, 2.05) is 7.05 Å². The first-order valence-electron chi connectivity index (χ1n) is 3.81. The smallest absolute Gasteiger partial charge is 0.390 e. The number of amides is 2. The Morgan fingerprint density at radius 3 is 2.73 bits per heavy atom. The number of rotatable bonds is 2. The van der Waals surface area contributed by atoms with Crippen LogP contribution in [0.1, 0.15) is 0 Å². The summed E-state index contributed by atoms with van der Waals surface area (Å²) in [7, 11) is 3.66. The summed E-state index contributed by atoms with van der Waals surface area (Å²) < 4.78 is 0.354. The number of hydrogen-bond acceptors (Lipinski definition) is 2. The molecule has 1 fully saturated rings. The average molecular weight is 159 g/mol. The van der Waals surface area contributed by atoms with E-state index in [1.54, 1.807) is 11.9 Å². The van der Waals surface area contributed by atoms with Gasteiger partial charge in [0.25, 0.3) is 0 Å². The van der Waals surface area contributed by atoms with Crippen LogP contribution in [-0.2, 0) is 0 Å². The molecule has 4 nitrogen and oxygen atoms in total. The van der Waals surface area contributed by atoms with E-state index in [1.165, 1.54) is 0 Å². The maximum absolute atomic E-state index is 11.4. The van der Waals surface area contributed by atoms with Crippen LogP contribution in [0.3, 0.4) is 0 Å². The molecule has 0 radical (unpaired) electrons. The third-order valence-corrected chi connectivity index (χ3v) is 2.31. The van der Waals surface area contributed by atoms with Gasteiger partial charge >= 0.3 is 6.03 Å². The zero-order valence-electron chi connectivity index (χ0n) is 7.08. The fourth-order valence-electron chi connectivity index (χ4n) is 1.40. The van der Waals surface area contributed by atoms with Gasteiger partial charge in [-0.05, 0) is 0 Å². The number of aliphatic hydroxyl groups is 1. The van der Waals surface area contributed by atoms with Gasteiger partial charge in [-0.1, -0.05) is 0 Å². The van der Waals surface area contributed by atoms with Gasteiger partial charge < -0.3 is 5.11 Å². The molecule has 1 aliphatic heterocycles. The lowest BCUT2D eigenvalue weighted by Crippen LogP contribution is -2.48. The summed E-state index contributed by atoms with van der Waals surface area (Å²) in [6.45, 7) is 2.23. The third-order valence-electron chi connectivity index (χ3n) is 2.31. The lowest BCUT2D eigenvalue weighted by molar-refractivity contribution is -0.821. The second-order valence-corrected chi connectivity index (χ2v) is 3.27. The minimum absolute atomic E-state index is 0.0794. The van der Waals surface area contributed by atoms with Crippen LogP contribution in [0.5, 0.6) is 0 Å². The monoisotopic (exact) mass is 159 g/mol. The van der Waals surface area contributed by atoms with E-state index in [4.69, 9.17) is 5.11 Å². The SMILES string of the molecule is CN1CC[N+](C)(CCO)C1=O. The molecule has 2 amide bonds. The Balaban J connectivity index is 2.65. The molecule has 0 aromatic rings. The second kappa shape index (κ2) is 2.79.